The monoisotopic (exact) mass is 373 g/mol. The van der Waals surface area contributed by atoms with Gasteiger partial charge < -0.3 is 14.7 Å². The fourth-order valence-electron chi connectivity index (χ4n) is 2.93. The van der Waals surface area contributed by atoms with Crippen molar-refractivity contribution in [3.63, 3.8) is 0 Å². The summed E-state index contributed by atoms with van der Waals surface area (Å²) in [5, 5.41) is 9.00. The normalized spacial score (nSPS) is 20.3. The molecule has 1 unspecified atom stereocenters. The van der Waals surface area contributed by atoms with Crippen molar-refractivity contribution in [2.24, 2.45) is 5.41 Å². The molecule has 0 spiro atoms. The summed E-state index contributed by atoms with van der Waals surface area (Å²) >= 11 is 0. The summed E-state index contributed by atoms with van der Waals surface area (Å²) in [7, 11) is 0. The minimum absolute atomic E-state index is 0.0123. The third kappa shape index (κ3) is 4.11. The molecule has 1 aromatic carbocycles. The molecule has 0 radical (unpaired) electrons. The van der Waals surface area contributed by atoms with E-state index in [0.717, 1.165) is 16.0 Å². The molecule has 0 saturated carbocycles. The molecule has 1 amide bonds. The highest BCUT2D eigenvalue weighted by molar-refractivity contribution is 5.81. The van der Waals surface area contributed by atoms with Crippen LogP contribution in [0.2, 0.25) is 0 Å². The predicted octanol–water partition coefficient (Wildman–Crippen LogP) is 3.33. The van der Waals surface area contributed by atoms with Gasteiger partial charge >= 0.3 is 12.1 Å². The zero-order valence-electron chi connectivity index (χ0n) is 14.7. The summed E-state index contributed by atoms with van der Waals surface area (Å²) in [6, 6.07) is 5.61. The Morgan fingerprint density at radius 1 is 1.27 bits per heavy atom. The molecule has 2 rings (SSSR count). The van der Waals surface area contributed by atoms with Crippen LogP contribution >= 0.6 is 0 Å². The Morgan fingerprint density at radius 2 is 1.96 bits per heavy atom. The van der Waals surface area contributed by atoms with Gasteiger partial charge in [-0.15, -0.1) is 0 Å². The molecule has 0 aliphatic carbocycles. The molecular formula is C18H22F3NO4. The largest absolute Gasteiger partial charge is 0.494 e. The van der Waals surface area contributed by atoms with E-state index in [4.69, 9.17) is 9.84 Å². The lowest BCUT2D eigenvalue weighted by atomic mass is 9.86. The minimum atomic E-state index is -4.89. The van der Waals surface area contributed by atoms with Gasteiger partial charge in [0.2, 0.25) is 5.91 Å². The van der Waals surface area contributed by atoms with E-state index >= 15 is 0 Å². The molecule has 26 heavy (non-hydrogen) atoms. The van der Waals surface area contributed by atoms with Crippen LogP contribution < -0.4 is 4.74 Å². The summed E-state index contributed by atoms with van der Waals surface area (Å²) in [5.41, 5.74) is -0.653. The number of alkyl halides is 3. The molecule has 8 heteroatoms. The van der Waals surface area contributed by atoms with E-state index in [9.17, 15) is 22.8 Å². The third-order valence-corrected chi connectivity index (χ3v) is 4.86. The van der Waals surface area contributed by atoms with Crippen LogP contribution in [0, 0.1) is 19.3 Å². The van der Waals surface area contributed by atoms with Crippen LogP contribution in [-0.4, -0.2) is 47.8 Å². The summed E-state index contributed by atoms with van der Waals surface area (Å²) in [6.07, 6.45) is -5.15. The molecule has 1 N–H and O–H groups in total. The number of rotatable bonds is 6. The first-order chi connectivity index (χ1) is 12.1. The lowest BCUT2D eigenvalue weighted by Crippen LogP contribution is -2.47. The van der Waals surface area contributed by atoms with Gasteiger partial charge in [0.05, 0.1) is 6.61 Å². The second kappa shape index (κ2) is 7.55. The molecule has 1 heterocycles. The molecular weight excluding hydrogens is 351 g/mol. The Kier molecular flexibility index (Phi) is 5.83. The standard InChI is InChI=1S/C18H22F3NO4/c1-12-5-6-14(10-13(12)2)26-9-3-4-15(23)22-8-7-17(11-22,16(24)25)18(19,20)21/h5-6,10H,3-4,7-9,11H2,1-2H3,(H,24,25). The number of carboxylic acids is 1. The van der Waals surface area contributed by atoms with Crippen LogP contribution in [0.3, 0.4) is 0 Å². The fraction of sp³-hybridized carbons (Fsp3) is 0.556. The first-order valence-electron chi connectivity index (χ1n) is 8.35. The highest BCUT2D eigenvalue weighted by Crippen LogP contribution is 2.45. The van der Waals surface area contributed by atoms with E-state index in [1.807, 2.05) is 32.0 Å². The number of aryl methyl sites for hydroxylation is 2. The molecule has 0 bridgehead atoms. The molecule has 1 saturated heterocycles. The Morgan fingerprint density at radius 3 is 2.50 bits per heavy atom. The number of carbonyl (C=O) groups is 2. The second-order valence-corrected chi connectivity index (χ2v) is 6.65. The number of hydrogen-bond donors (Lipinski definition) is 1. The maximum Gasteiger partial charge on any atom is 0.406 e. The van der Waals surface area contributed by atoms with Crippen molar-refractivity contribution in [3.05, 3.63) is 29.3 Å². The van der Waals surface area contributed by atoms with Crippen LogP contribution in [0.25, 0.3) is 0 Å². The van der Waals surface area contributed by atoms with E-state index in [2.05, 4.69) is 0 Å². The van der Waals surface area contributed by atoms with Gasteiger partial charge in [0, 0.05) is 19.5 Å². The van der Waals surface area contributed by atoms with Gasteiger partial charge in [0.1, 0.15) is 5.75 Å². The van der Waals surface area contributed by atoms with Crippen LogP contribution in [0.4, 0.5) is 13.2 Å². The van der Waals surface area contributed by atoms with E-state index in [1.54, 1.807) is 0 Å². The number of carboxylic acid groups (broad SMARTS) is 1. The van der Waals surface area contributed by atoms with Crippen LogP contribution in [-0.2, 0) is 9.59 Å². The predicted molar refractivity (Wildman–Crippen MR) is 88.0 cm³/mol. The maximum atomic E-state index is 13.1. The number of aliphatic carboxylic acids is 1. The Bertz CT molecular complexity index is 690. The van der Waals surface area contributed by atoms with Gasteiger partial charge in [-0.25, -0.2) is 0 Å². The van der Waals surface area contributed by atoms with E-state index in [0.29, 0.717) is 12.2 Å². The Balaban J connectivity index is 1.83. The van der Waals surface area contributed by atoms with Crippen molar-refractivity contribution in [1.82, 2.24) is 4.90 Å². The number of halogens is 3. The van der Waals surface area contributed by atoms with Gasteiger partial charge in [-0.1, -0.05) is 6.07 Å². The van der Waals surface area contributed by atoms with Gasteiger partial charge in [0.25, 0.3) is 0 Å². The first kappa shape index (κ1) is 20.1. The quantitative estimate of drug-likeness (QED) is 0.777. The number of nitrogens with zero attached hydrogens (tertiary/aromatic N) is 1. The van der Waals surface area contributed by atoms with Gasteiger partial charge in [-0.3, -0.25) is 9.59 Å². The topological polar surface area (TPSA) is 66.8 Å². The number of benzene rings is 1. The molecule has 5 nitrogen and oxygen atoms in total. The molecule has 1 fully saturated rings. The van der Waals surface area contributed by atoms with Gasteiger partial charge in [-0.2, -0.15) is 13.2 Å². The van der Waals surface area contributed by atoms with Gasteiger partial charge in [-0.05, 0) is 49.9 Å². The third-order valence-electron chi connectivity index (χ3n) is 4.86. The van der Waals surface area contributed by atoms with Crippen molar-refractivity contribution in [3.8, 4) is 5.75 Å². The van der Waals surface area contributed by atoms with Crippen LogP contribution in [0.1, 0.15) is 30.4 Å². The first-order valence-corrected chi connectivity index (χ1v) is 8.35. The van der Waals surface area contributed by atoms with Crippen molar-refractivity contribution >= 4 is 11.9 Å². The second-order valence-electron chi connectivity index (χ2n) is 6.65. The SMILES string of the molecule is Cc1ccc(OCCCC(=O)N2CCC(C(=O)O)(C(F)(F)F)C2)cc1C. The zero-order chi connectivity index (χ0) is 19.5. The summed E-state index contributed by atoms with van der Waals surface area (Å²) in [5.74, 6) is -1.75. The minimum Gasteiger partial charge on any atom is -0.494 e. The summed E-state index contributed by atoms with van der Waals surface area (Å²) in [6.45, 7) is 3.15. The molecule has 1 atom stereocenters. The number of ether oxygens (including phenoxy) is 1. The zero-order valence-corrected chi connectivity index (χ0v) is 14.7. The fourth-order valence-corrected chi connectivity index (χ4v) is 2.93. The Labute approximate surface area is 149 Å². The van der Waals surface area contributed by atoms with Crippen molar-refractivity contribution < 1.29 is 32.6 Å². The van der Waals surface area contributed by atoms with Gasteiger partial charge in [0.15, 0.2) is 5.41 Å². The Hall–Kier alpha value is -2.25. The maximum absolute atomic E-state index is 13.1. The van der Waals surface area contributed by atoms with E-state index in [-0.39, 0.29) is 19.6 Å². The molecule has 0 aromatic heterocycles. The lowest BCUT2D eigenvalue weighted by molar-refractivity contribution is -0.227. The number of carbonyl (C=O) groups excluding carboxylic acids is 1. The molecule has 1 aromatic rings. The van der Waals surface area contributed by atoms with E-state index in [1.165, 1.54) is 0 Å². The average molecular weight is 373 g/mol. The summed E-state index contributed by atoms with van der Waals surface area (Å²) in [4.78, 5) is 24.2. The summed E-state index contributed by atoms with van der Waals surface area (Å²) < 4.78 is 44.9. The van der Waals surface area contributed by atoms with Crippen LogP contribution in [0.15, 0.2) is 18.2 Å². The molecule has 1 aliphatic rings. The van der Waals surface area contributed by atoms with E-state index < -0.39 is 36.4 Å². The lowest BCUT2D eigenvalue weighted by Gasteiger charge is -2.27. The molecule has 1 aliphatic heterocycles. The van der Waals surface area contributed by atoms with Crippen molar-refractivity contribution in [2.45, 2.75) is 39.3 Å². The number of likely N-dealkylation sites (tertiary alicyclic amines) is 1. The smallest absolute Gasteiger partial charge is 0.406 e. The van der Waals surface area contributed by atoms with Crippen LogP contribution in [0.5, 0.6) is 5.75 Å². The number of amides is 1. The highest BCUT2D eigenvalue weighted by Gasteiger charge is 2.64. The van der Waals surface area contributed by atoms with Crippen molar-refractivity contribution in [2.75, 3.05) is 19.7 Å². The molecule has 144 valence electrons. The highest BCUT2D eigenvalue weighted by atomic mass is 19.4. The van der Waals surface area contributed by atoms with Crippen molar-refractivity contribution in [1.29, 1.82) is 0 Å². The average Bonchev–Trinajstić information content (AvgIpc) is 3.01. The number of hydrogen-bond acceptors (Lipinski definition) is 3.